The van der Waals surface area contributed by atoms with E-state index in [0.29, 0.717) is 11.5 Å². The second-order valence-electron chi connectivity index (χ2n) is 6.72. The first-order valence-corrected chi connectivity index (χ1v) is 10.2. The molecule has 1 N–H and O–H groups in total. The Balaban J connectivity index is 1.54. The Morgan fingerprint density at radius 1 is 1.13 bits per heavy atom. The van der Waals surface area contributed by atoms with Crippen LogP contribution < -0.4 is 5.43 Å². The van der Waals surface area contributed by atoms with E-state index in [9.17, 15) is 4.79 Å². The Morgan fingerprint density at radius 3 is 2.60 bits per heavy atom. The van der Waals surface area contributed by atoms with E-state index in [0.717, 1.165) is 27.0 Å². The lowest BCUT2D eigenvalue weighted by molar-refractivity contribution is -0.120. The minimum atomic E-state index is -0.195. The number of halogens is 1. The summed E-state index contributed by atoms with van der Waals surface area (Å²) in [4.78, 5) is 12.2. The van der Waals surface area contributed by atoms with E-state index >= 15 is 0 Å². The molecule has 0 saturated heterocycles. The van der Waals surface area contributed by atoms with Crippen LogP contribution in [-0.4, -0.2) is 21.9 Å². The smallest absolute Gasteiger partial charge is 0.244 e. The Hall–Kier alpha value is -3.45. The van der Waals surface area contributed by atoms with E-state index < -0.39 is 0 Å². The van der Waals surface area contributed by atoms with E-state index in [-0.39, 0.29) is 12.3 Å². The van der Waals surface area contributed by atoms with Gasteiger partial charge in [0.25, 0.3) is 0 Å². The minimum absolute atomic E-state index is 0.195. The standard InChI is InChI=1S/C23H19BrN4O2/c1-16-7-12-21(30-16)23-18(15-28(27-23)20-5-3-2-4-6-20)14-25-26-22(29)13-17-8-10-19(24)11-9-17/h2-12,14-15H,13H2,1H3,(H,26,29)/b25-14+. The number of aromatic nitrogens is 2. The van der Waals surface area contributed by atoms with Crippen LogP contribution in [0.2, 0.25) is 0 Å². The van der Waals surface area contributed by atoms with Gasteiger partial charge in [0.05, 0.1) is 18.3 Å². The molecule has 0 aliphatic carbocycles. The van der Waals surface area contributed by atoms with Crippen molar-refractivity contribution in [2.24, 2.45) is 5.10 Å². The zero-order chi connectivity index (χ0) is 20.9. The van der Waals surface area contributed by atoms with Crippen molar-refractivity contribution in [1.82, 2.24) is 15.2 Å². The van der Waals surface area contributed by atoms with Crippen LogP contribution in [0, 0.1) is 6.92 Å². The van der Waals surface area contributed by atoms with E-state index in [4.69, 9.17) is 4.42 Å². The van der Waals surface area contributed by atoms with Crippen LogP contribution in [0.5, 0.6) is 0 Å². The summed E-state index contributed by atoms with van der Waals surface area (Å²) in [5, 5.41) is 8.78. The lowest BCUT2D eigenvalue weighted by Gasteiger charge is -2.00. The number of hydrogen-bond acceptors (Lipinski definition) is 4. The molecule has 4 rings (SSSR count). The molecule has 0 spiro atoms. The molecule has 0 fully saturated rings. The molecule has 1 amide bonds. The fourth-order valence-corrected chi connectivity index (χ4v) is 3.21. The van der Waals surface area contributed by atoms with Crippen molar-refractivity contribution in [3.05, 3.63) is 94.3 Å². The van der Waals surface area contributed by atoms with Crippen LogP contribution in [0.3, 0.4) is 0 Å². The van der Waals surface area contributed by atoms with E-state index in [1.165, 1.54) is 0 Å². The zero-order valence-corrected chi connectivity index (χ0v) is 17.8. The van der Waals surface area contributed by atoms with Crippen LogP contribution in [0.25, 0.3) is 17.1 Å². The van der Waals surface area contributed by atoms with Crippen LogP contribution in [0.15, 0.2) is 86.9 Å². The van der Waals surface area contributed by atoms with Gasteiger partial charge in [-0.2, -0.15) is 10.2 Å². The number of nitrogens with one attached hydrogen (secondary N) is 1. The number of carbonyl (C=O) groups is 1. The molecule has 0 radical (unpaired) electrons. The number of aryl methyl sites for hydroxylation is 1. The number of rotatable bonds is 6. The Morgan fingerprint density at radius 2 is 1.90 bits per heavy atom. The summed E-state index contributed by atoms with van der Waals surface area (Å²) in [5.41, 5.74) is 5.79. The number of furan rings is 1. The van der Waals surface area contributed by atoms with Gasteiger partial charge in [0.2, 0.25) is 5.91 Å². The summed E-state index contributed by atoms with van der Waals surface area (Å²) in [7, 11) is 0. The summed E-state index contributed by atoms with van der Waals surface area (Å²) < 4.78 is 8.48. The first-order chi connectivity index (χ1) is 14.6. The second-order valence-corrected chi connectivity index (χ2v) is 7.64. The molecular weight excluding hydrogens is 444 g/mol. The van der Waals surface area contributed by atoms with Crippen LogP contribution in [0.1, 0.15) is 16.9 Å². The molecule has 150 valence electrons. The van der Waals surface area contributed by atoms with Crippen molar-refractivity contribution in [3.63, 3.8) is 0 Å². The minimum Gasteiger partial charge on any atom is -0.460 e. The maximum Gasteiger partial charge on any atom is 0.244 e. The molecular formula is C23H19BrN4O2. The number of benzene rings is 2. The molecule has 2 aromatic carbocycles. The Bertz CT molecular complexity index is 1180. The number of hydrazone groups is 1. The van der Waals surface area contributed by atoms with Crippen molar-refractivity contribution >= 4 is 28.1 Å². The fourth-order valence-electron chi connectivity index (χ4n) is 2.95. The average Bonchev–Trinajstić information content (AvgIpc) is 3.37. The third kappa shape index (κ3) is 4.75. The maximum absolute atomic E-state index is 12.2. The van der Waals surface area contributed by atoms with Gasteiger partial charge in [-0.1, -0.05) is 46.3 Å². The van der Waals surface area contributed by atoms with Gasteiger partial charge in [0.1, 0.15) is 11.5 Å². The first kappa shape index (κ1) is 19.8. The number of carbonyl (C=O) groups excluding carboxylic acids is 1. The highest BCUT2D eigenvalue weighted by Crippen LogP contribution is 2.24. The van der Waals surface area contributed by atoms with Gasteiger partial charge in [-0.15, -0.1) is 0 Å². The van der Waals surface area contributed by atoms with E-state index in [2.05, 4.69) is 31.6 Å². The SMILES string of the molecule is Cc1ccc(-c2nn(-c3ccccc3)cc2/C=N/NC(=O)Cc2ccc(Br)cc2)o1. The molecule has 0 unspecified atom stereocenters. The van der Waals surface area contributed by atoms with Gasteiger partial charge in [0, 0.05) is 16.2 Å². The van der Waals surface area contributed by atoms with Gasteiger partial charge >= 0.3 is 0 Å². The highest BCUT2D eigenvalue weighted by atomic mass is 79.9. The lowest BCUT2D eigenvalue weighted by Crippen LogP contribution is -2.19. The summed E-state index contributed by atoms with van der Waals surface area (Å²) in [6, 6.07) is 21.1. The van der Waals surface area contributed by atoms with Gasteiger partial charge in [-0.05, 0) is 48.9 Å². The quantitative estimate of drug-likeness (QED) is 0.327. The molecule has 0 aliphatic heterocycles. The molecule has 30 heavy (non-hydrogen) atoms. The zero-order valence-electron chi connectivity index (χ0n) is 16.2. The molecule has 6 nitrogen and oxygen atoms in total. The predicted molar refractivity (Wildman–Crippen MR) is 120 cm³/mol. The van der Waals surface area contributed by atoms with Crippen molar-refractivity contribution in [1.29, 1.82) is 0 Å². The number of nitrogens with zero attached hydrogens (tertiary/aromatic N) is 3. The highest BCUT2D eigenvalue weighted by Gasteiger charge is 2.14. The highest BCUT2D eigenvalue weighted by molar-refractivity contribution is 9.10. The average molecular weight is 463 g/mol. The lowest BCUT2D eigenvalue weighted by atomic mass is 10.1. The normalized spacial score (nSPS) is 11.1. The van der Waals surface area contributed by atoms with Crippen molar-refractivity contribution in [2.45, 2.75) is 13.3 Å². The maximum atomic E-state index is 12.2. The van der Waals surface area contributed by atoms with Gasteiger partial charge in [0.15, 0.2) is 5.76 Å². The van der Waals surface area contributed by atoms with E-state index in [1.54, 1.807) is 10.9 Å². The number of hydrogen-bond donors (Lipinski definition) is 1. The van der Waals surface area contributed by atoms with Gasteiger partial charge in [-0.3, -0.25) is 4.79 Å². The first-order valence-electron chi connectivity index (χ1n) is 9.37. The van der Waals surface area contributed by atoms with Gasteiger partial charge < -0.3 is 4.42 Å². The molecule has 0 aliphatic rings. The molecule has 2 heterocycles. The Kier molecular flexibility index (Phi) is 5.90. The van der Waals surface area contributed by atoms with Crippen molar-refractivity contribution in [3.8, 4) is 17.1 Å². The Labute approximate surface area is 182 Å². The summed E-state index contributed by atoms with van der Waals surface area (Å²) in [5.74, 6) is 1.24. The molecule has 4 aromatic rings. The van der Waals surface area contributed by atoms with Crippen LogP contribution in [-0.2, 0) is 11.2 Å². The topological polar surface area (TPSA) is 72.4 Å². The summed E-state index contributed by atoms with van der Waals surface area (Å²) in [6.45, 7) is 1.88. The monoisotopic (exact) mass is 462 g/mol. The summed E-state index contributed by atoms with van der Waals surface area (Å²) >= 11 is 3.39. The van der Waals surface area contributed by atoms with E-state index in [1.807, 2.05) is 79.9 Å². The predicted octanol–water partition coefficient (Wildman–Crippen LogP) is 4.90. The van der Waals surface area contributed by atoms with Crippen molar-refractivity contribution in [2.75, 3.05) is 0 Å². The van der Waals surface area contributed by atoms with Crippen molar-refractivity contribution < 1.29 is 9.21 Å². The van der Waals surface area contributed by atoms with Crippen LogP contribution in [0.4, 0.5) is 0 Å². The second kappa shape index (κ2) is 8.92. The third-order valence-electron chi connectivity index (χ3n) is 4.41. The molecule has 0 bridgehead atoms. The largest absolute Gasteiger partial charge is 0.460 e. The molecule has 0 saturated carbocycles. The molecule has 7 heteroatoms. The number of amides is 1. The summed E-state index contributed by atoms with van der Waals surface area (Å²) in [6.07, 6.45) is 3.68. The number of para-hydroxylation sites is 1. The molecule has 2 aromatic heterocycles. The molecule has 0 atom stereocenters. The van der Waals surface area contributed by atoms with Gasteiger partial charge in [-0.25, -0.2) is 10.1 Å². The third-order valence-corrected chi connectivity index (χ3v) is 4.94. The van der Waals surface area contributed by atoms with Crippen LogP contribution >= 0.6 is 15.9 Å². The fraction of sp³-hybridized carbons (Fsp3) is 0.0870.